The molecule has 0 saturated heterocycles. The van der Waals surface area contributed by atoms with Crippen molar-refractivity contribution in [3.05, 3.63) is 53.9 Å². The summed E-state index contributed by atoms with van der Waals surface area (Å²) < 4.78 is 5.50. The molecule has 1 heterocycles. The first-order chi connectivity index (χ1) is 13.5. The first kappa shape index (κ1) is 19.6. The minimum Gasteiger partial charge on any atom is -0.496 e. The summed E-state index contributed by atoms with van der Waals surface area (Å²) in [6.07, 6.45) is 1.53. The lowest BCUT2D eigenvalue weighted by Gasteiger charge is -2.23. The molecular weight excluding hydrogens is 352 g/mol. The Balaban J connectivity index is 2.12. The maximum atomic E-state index is 12.1. The third kappa shape index (κ3) is 3.76. The zero-order chi connectivity index (χ0) is 20.3. The van der Waals surface area contributed by atoms with Gasteiger partial charge in [0.2, 0.25) is 5.91 Å². The number of carbonyl (C=O) groups is 1. The first-order valence-electron chi connectivity index (χ1n) is 9.40. The molecule has 1 unspecified atom stereocenters. The Kier molecular flexibility index (Phi) is 5.78. The molecule has 2 N–H and O–H groups in total. The van der Waals surface area contributed by atoms with Crippen molar-refractivity contribution in [2.24, 2.45) is 5.73 Å². The van der Waals surface area contributed by atoms with E-state index in [2.05, 4.69) is 9.97 Å². The van der Waals surface area contributed by atoms with Crippen molar-refractivity contribution in [1.29, 1.82) is 0 Å². The highest BCUT2D eigenvalue weighted by Crippen LogP contribution is 2.36. The van der Waals surface area contributed by atoms with Gasteiger partial charge in [-0.3, -0.25) is 4.79 Å². The summed E-state index contributed by atoms with van der Waals surface area (Å²) in [6, 6.07) is 13.7. The predicted octanol–water partition coefficient (Wildman–Crippen LogP) is 4.08. The quantitative estimate of drug-likeness (QED) is 0.670. The van der Waals surface area contributed by atoms with E-state index < -0.39 is 5.92 Å². The van der Waals surface area contributed by atoms with Crippen molar-refractivity contribution in [3.63, 3.8) is 0 Å². The summed E-state index contributed by atoms with van der Waals surface area (Å²) in [5.41, 5.74) is 8.28. The van der Waals surface area contributed by atoms with Crippen molar-refractivity contribution < 1.29 is 9.53 Å². The summed E-state index contributed by atoms with van der Waals surface area (Å²) in [6.45, 7) is 3.92. The van der Waals surface area contributed by atoms with Crippen LogP contribution in [0.15, 0.2) is 42.5 Å². The number of ether oxygens (including phenoxy) is 1. The molecule has 6 nitrogen and oxygen atoms in total. The van der Waals surface area contributed by atoms with Gasteiger partial charge in [-0.05, 0) is 43.7 Å². The average molecular weight is 378 g/mol. The van der Waals surface area contributed by atoms with Crippen molar-refractivity contribution in [3.8, 4) is 5.75 Å². The number of nitrogens with zero attached hydrogens (tertiary/aromatic N) is 3. The number of anilines is 2. The molecule has 28 heavy (non-hydrogen) atoms. The Morgan fingerprint density at radius 1 is 1.21 bits per heavy atom. The smallest absolute Gasteiger partial charge is 0.225 e. The van der Waals surface area contributed by atoms with Crippen LogP contribution in [0.1, 0.15) is 37.1 Å². The van der Waals surface area contributed by atoms with Crippen LogP contribution in [0, 0.1) is 6.92 Å². The Hall–Kier alpha value is -3.15. The van der Waals surface area contributed by atoms with Crippen LogP contribution in [-0.2, 0) is 4.79 Å². The fourth-order valence-electron chi connectivity index (χ4n) is 3.49. The van der Waals surface area contributed by atoms with E-state index in [1.54, 1.807) is 7.11 Å². The lowest BCUT2D eigenvalue weighted by Crippen LogP contribution is -2.22. The van der Waals surface area contributed by atoms with Gasteiger partial charge in [-0.2, -0.15) is 0 Å². The molecule has 3 rings (SSSR count). The Morgan fingerprint density at radius 3 is 2.64 bits per heavy atom. The maximum Gasteiger partial charge on any atom is 0.225 e. The van der Waals surface area contributed by atoms with Gasteiger partial charge in [0.05, 0.1) is 18.5 Å². The van der Waals surface area contributed by atoms with Gasteiger partial charge in [0.1, 0.15) is 17.4 Å². The zero-order valence-corrected chi connectivity index (χ0v) is 16.8. The fraction of sp³-hybridized carbons (Fsp3) is 0.318. The van der Waals surface area contributed by atoms with E-state index in [1.165, 1.54) is 0 Å². The van der Waals surface area contributed by atoms with Crippen molar-refractivity contribution >= 4 is 28.3 Å². The zero-order valence-electron chi connectivity index (χ0n) is 16.8. The number of primary amides is 1. The number of benzene rings is 2. The molecular formula is C22H26N4O2. The minimum absolute atomic E-state index is 0.344. The lowest BCUT2D eigenvalue weighted by atomic mass is 9.92. The van der Waals surface area contributed by atoms with Gasteiger partial charge < -0.3 is 15.4 Å². The summed E-state index contributed by atoms with van der Waals surface area (Å²) in [5.74, 6) is 1.44. The highest BCUT2D eigenvalue weighted by atomic mass is 16.5. The number of fused-ring (bicyclic) bond motifs is 1. The molecule has 0 aliphatic rings. The number of aryl methyl sites for hydroxylation is 1. The number of amides is 1. The van der Waals surface area contributed by atoms with Crippen LogP contribution in [0.3, 0.4) is 0 Å². The van der Waals surface area contributed by atoms with Gasteiger partial charge in [-0.1, -0.05) is 25.5 Å². The second-order valence-corrected chi connectivity index (χ2v) is 6.84. The molecule has 2 aromatic carbocycles. The molecule has 0 spiro atoms. The Bertz CT molecular complexity index is 1000. The second kappa shape index (κ2) is 8.25. The van der Waals surface area contributed by atoms with Crippen LogP contribution in [0.4, 0.5) is 11.5 Å². The van der Waals surface area contributed by atoms with Gasteiger partial charge in [0.15, 0.2) is 0 Å². The monoisotopic (exact) mass is 378 g/mol. The summed E-state index contributed by atoms with van der Waals surface area (Å²) in [5, 5.41) is 0.966. The fourth-order valence-corrected chi connectivity index (χ4v) is 3.49. The van der Waals surface area contributed by atoms with Crippen LogP contribution in [0.2, 0.25) is 0 Å². The second-order valence-electron chi connectivity index (χ2n) is 6.84. The van der Waals surface area contributed by atoms with E-state index in [0.717, 1.165) is 34.4 Å². The number of nitrogens with two attached hydrogens (primary N) is 1. The third-order valence-electron chi connectivity index (χ3n) is 4.91. The Morgan fingerprint density at radius 2 is 1.96 bits per heavy atom. The Labute approximate surface area is 165 Å². The van der Waals surface area contributed by atoms with Crippen LogP contribution in [0.25, 0.3) is 10.9 Å². The molecule has 146 valence electrons. The van der Waals surface area contributed by atoms with E-state index in [1.807, 2.05) is 68.3 Å². The molecule has 0 aliphatic heterocycles. The van der Waals surface area contributed by atoms with Crippen LogP contribution in [0.5, 0.6) is 5.75 Å². The SMILES string of the molecule is CCCC(C(N)=O)c1cc(N(C)c2nc(C)nc3ccccc23)ccc1OC. The summed E-state index contributed by atoms with van der Waals surface area (Å²) in [7, 11) is 3.56. The molecule has 1 amide bonds. The molecule has 0 radical (unpaired) electrons. The normalized spacial score (nSPS) is 12.0. The summed E-state index contributed by atoms with van der Waals surface area (Å²) >= 11 is 0. The minimum atomic E-state index is -0.392. The standard InChI is InChI=1S/C22H26N4O2/c1-5-8-16(21(23)27)18-13-15(11-12-20(18)28-4)26(3)22-17-9-6-7-10-19(17)24-14(2)25-22/h6-7,9-13,16H,5,8H2,1-4H3,(H2,23,27). The average Bonchev–Trinajstić information content (AvgIpc) is 2.70. The molecule has 1 aromatic heterocycles. The van der Waals surface area contributed by atoms with Crippen molar-refractivity contribution in [2.75, 3.05) is 19.1 Å². The van der Waals surface area contributed by atoms with E-state index in [9.17, 15) is 4.79 Å². The molecule has 0 bridgehead atoms. The number of aromatic nitrogens is 2. The first-order valence-corrected chi connectivity index (χ1v) is 9.40. The van der Waals surface area contributed by atoms with Crippen molar-refractivity contribution in [1.82, 2.24) is 9.97 Å². The molecule has 3 aromatic rings. The molecule has 0 fully saturated rings. The number of carbonyl (C=O) groups excluding carboxylic acids is 1. The highest BCUT2D eigenvalue weighted by molar-refractivity contribution is 5.91. The van der Waals surface area contributed by atoms with Gasteiger partial charge in [0.25, 0.3) is 0 Å². The topological polar surface area (TPSA) is 81.3 Å². The van der Waals surface area contributed by atoms with E-state index in [4.69, 9.17) is 10.5 Å². The van der Waals surface area contributed by atoms with Crippen LogP contribution >= 0.6 is 0 Å². The molecule has 6 heteroatoms. The maximum absolute atomic E-state index is 12.1. The van der Waals surface area contributed by atoms with Crippen molar-refractivity contribution in [2.45, 2.75) is 32.6 Å². The number of hydrogen-bond acceptors (Lipinski definition) is 5. The lowest BCUT2D eigenvalue weighted by molar-refractivity contribution is -0.119. The van der Waals surface area contributed by atoms with Crippen LogP contribution in [-0.4, -0.2) is 30.0 Å². The third-order valence-corrected chi connectivity index (χ3v) is 4.91. The van der Waals surface area contributed by atoms with E-state index in [-0.39, 0.29) is 5.91 Å². The predicted molar refractivity (Wildman–Crippen MR) is 112 cm³/mol. The van der Waals surface area contributed by atoms with Gasteiger partial charge in [-0.25, -0.2) is 9.97 Å². The largest absolute Gasteiger partial charge is 0.496 e. The highest BCUT2D eigenvalue weighted by Gasteiger charge is 2.22. The molecule has 1 atom stereocenters. The molecule has 0 saturated carbocycles. The number of rotatable bonds is 7. The van der Waals surface area contributed by atoms with E-state index in [0.29, 0.717) is 18.0 Å². The van der Waals surface area contributed by atoms with Gasteiger partial charge >= 0.3 is 0 Å². The number of methoxy groups -OCH3 is 1. The summed E-state index contributed by atoms with van der Waals surface area (Å²) in [4.78, 5) is 23.2. The molecule has 0 aliphatic carbocycles. The van der Waals surface area contributed by atoms with Gasteiger partial charge in [0, 0.05) is 23.7 Å². The van der Waals surface area contributed by atoms with E-state index >= 15 is 0 Å². The van der Waals surface area contributed by atoms with Crippen LogP contribution < -0.4 is 15.4 Å². The number of para-hydroxylation sites is 1. The van der Waals surface area contributed by atoms with Gasteiger partial charge in [-0.15, -0.1) is 0 Å². The number of hydrogen-bond donors (Lipinski definition) is 1.